The smallest absolute Gasteiger partial charge is 0.186 e. The standard InChI is InChI=1S/C26H24BrN3O2/c1-2-31-25-17-24(30(32-25)22-11-7-4-8-12-22)23-18-29(21-9-5-3-6-10-21)28-26(23)19-13-15-20(27)16-14-19/h3-16,18,24-25H,2,17H2,1H3/t24-,25+/m1/s1. The lowest BCUT2D eigenvalue weighted by molar-refractivity contribution is -0.115. The van der Waals surface area contributed by atoms with Crippen molar-refractivity contribution in [3.05, 3.63) is 101 Å². The Kier molecular flexibility index (Phi) is 6.08. The van der Waals surface area contributed by atoms with Gasteiger partial charge < -0.3 is 4.74 Å². The molecule has 0 radical (unpaired) electrons. The Labute approximate surface area is 196 Å². The summed E-state index contributed by atoms with van der Waals surface area (Å²) in [4.78, 5) is 6.25. The third kappa shape index (κ3) is 4.21. The lowest BCUT2D eigenvalue weighted by atomic mass is 10.00. The minimum Gasteiger partial charge on any atom is -0.350 e. The molecule has 1 aliphatic rings. The second-order valence-electron chi connectivity index (χ2n) is 7.62. The van der Waals surface area contributed by atoms with Crippen molar-refractivity contribution in [2.75, 3.05) is 11.7 Å². The summed E-state index contributed by atoms with van der Waals surface area (Å²) >= 11 is 3.54. The fraction of sp³-hybridized carbons (Fsp3) is 0.192. The van der Waals surface area contributed by atoms with Gasteiger partial charge in [-0.3, -0.25) is 0 Å². The molecule has 0 unspecified atom stereocenters. The first-order chi connectivity index (χ1) is 15.7. The van der Waals surface area contributed by atoms with Crippen molar-refractivity contribution in [2.45, 2.75) is 25.7 Å². The van der Waals surface area contributed by atoms with Gasteiger partial charge in [-0.1, -0.05) is 64.5 Å². The molecule has 0 bridgehead atoms. The summed E-state index contributed by atoms with van der Waals surface area (Å²) in [5.74, 6) is 0. The maximum absolute atomic E-state index is 6.25. The van der Waals surface area contributed by atoms with E-state index >= 15 is 0 Å². The third-order valence-corrected chi connectivity index (χ3v) is 6.06. The first kappa shape index (κ1) is 20.9. The molecule has 0 amide bonds. The average Bonchev–Trinajstić information content (AvgIpc) is 3.46. The molecule has 32 heavy (non-hydrogen) atoms. The number of hydrogen-bond donors (Lipinski definition) is 0. The molecule has 0 N–H and O–H groups in total. The highest BCUT2D eigenvalue weighted by atomic mass is 79.9. The molecule has 3 aromatic carbocycles. The normalized spacial score (nSPS) is 18.2. The molecule has 0 spiro atoms. The highest BCUT2D eigenvalue weighted by molar-refractivity contribution is 9.10. The zero-order chi connectivity index (χ0) is 21.9. The van der Waals surface area contributed by atoms with E-state index in [2.05, 4.69) is 58.5 Å². The van der Waals surface area contributed by atoms with Crippen LogP contribution < -0.4 is 5.06 Å². The van der Waals surface area contributed by atoms with E-state index in [-0.39, 0.29) is 12.3 Å². The zero-order valence-corrected chi connectivity index (χ0v) is 19.4. The number of hydroxylamine groups is 1. The summed E-state index contributed by atoms with van der Waals surface area (Å²) in [7, 11) is 0. The summed E-state index contributed by atoms with van der Waals surface area (Å²) in [6.45, 7) is 2.59. The van der Waals surface area contributed by atoms with Crippen molar-refractivity contribution >= 4 is 21.6 Å². The van der Waals surface area contributed by atoms with Crippen LogP contribution in [0.2, 0.25) is 0 Å². The zero-order valence-electron chi connectivity index (χ0n) is 17.8. The fourth-order valence-corrected chi connectivity index (χ4v) is 4.32. The predicted molar refractivity (Wildman–Crippen MR) is 129 cm³/mol. The van der Waals surface area contributed by atoms with Crippen molar-refractivity contribution < 1.29 is 9.57 Å². The lowest BCUT2D eigenvalue weighted by Crippen LogP contribution is -2.22. The number of aromatic nitrogens is 2. The Morgan fingerprint density at radius 3 is 2.25 bits per heavy atom. The maximum Gasteiger partial charge on any atom is 0.186 e. The first-order valence-electron chi connectivity index (χ1n) is 10.8. The van der Waals surface area contributed by atoms with Gasteiger partial charge in [-0.2, -0.15) is 5.10 Å². The minimum atomic E-state index is -0.303. The molecule has 1 aromatic heterocycles. The molecule has 0 saturated carbocycles. The second-order valence-corrected chi connectivity index (χ2v) is 8.54. The number of para-hydroxylation sites is 2. The van der Waals surface area contributed by atoms with Gasteiger partial charge in [0.05, 0.1) is 23.1 Å². The van der Waals surface area contributed by atoms with Crippen LogP contribution in [-0.2, 0) is 9.57 Å². The van der Waals surface area contributed by atoms with Gasteiger partial charge in [0, 0.05) is 34.8 Å². The second kappa shape index (κ2) is 9.28. The molecule has 1 saturated heterocycles. The van der Waals surface area contributed by atoms with Gasteiger partial charge in [0.25, 0.3) is 0 Å². The molecule has 6 heteroatoms. The third-order valence-electron chi connectivity index (χ3n) is 5.53. The van der Waals surface area contributed by atoms with E-state index in [1.807, 2.05) is 65.2 Å². The number of benzene rings is 3. The quantitative estimate of drug-likeness (QED) is 0.308. The summed E-state index contributed by atoms with van der Waals surface area (Å²) in [5.41, 5.74) is 5.11. The van der Waals surface area contributed by atoms with Crippen molar-refractivity contribution in [3.63, 3.8) is 0 Å². The molecule has 5 nitrogen and oxygen atoms in total. The van der Waals surface area contributed by atoms with E-state index in [1.165, 1.54) is 0 Å². The Hall–Kier alpha value is -2.93. The van der Waals surface area contributed by atoms with Crippen LogP contribution >= 0.6 is 15.9 Å². The molecule has 0 aliphatic carbocycles. The van der Waals surface area contributed by atoms with E-state index in [1.54, 1.807) is 0 Å². The van der Waals surface area contributed by atoms with Crippen LogP contribution in [0.5, 0.6) is 0 Å². The van der Waals surface area contributed by atoms with Crippen LogP contribution in [0.1, 0.15) is 24.9 Å². The Morgan fingerprint density at radius 2 is 1.59 bits per heavy atom. The van der Waals surface area contributed by atoms with Crippen LogP contribution in [0.15, 0.2) is 95.6 Å². The van der Waals surface area contributed by atoms with Crippen LogP contribution in [0.4, 0.5) is 5.69 Å². The molecule has 2 atom stereocenters. The van der Waals surface area contributed by atoms with Crippen molar-refractivity contribution in [3.8, 4) is 16.9 Å². The van der Waals surface area contributed by atoms with Gasteiger partial charge in [-0.15, -0.1) is 0 Å². The number of ether oxygens (including phenoxy) is 1. The average molecular weight is 490 g/mol. The summed E-state index contributed by atoms with van der Waals surface area (Å²) in [6.07, 6.45) is 2.53. The molecule has 2 heterocycles. The predicted octanol–water partition coefficient (Wildman–Crippen LogP) is 6.55. The fourth-order valence-electron chi connectivity index (χ4n) is 4.05. The topological polar surface area (TPSA) is 39.5 Å². The van der Waals surface area contributed by atoms with E-state index in [0.717, 1.165) is 32.7 Å². The van der Waals surface area contributed by atoms with Gasteiger partial charge in [0.1, 0.15) is 0 Å². The SMILES string of the molecule is CCO[C@@H]1C[C@H](c2cn(-c3ccccc3)nc2-c2ccc(Br)cc2)N(c2ccccc2)O1. The monoisotopic (exact) mass is 489 g/mol. The van der Waals surface area contributed by atoms with E-state index in [9.17, 15) is 0 Å². The molecule has 1 fully saturated rings. The van der Waals surface area contributed by atoms with Gasteiger partial charge in [0.15, 0.2) is 6.29 Å². The molecule has 4 aromatic rings. The summed E-state index contributed by atoms with van der Waals surface area (Å²) < 4.78 is 8.85. The van der Waals surface area contributed by atoms with E-state index < -0.39 is 0 Å². The molecule has 5 rings (SSSR count). The van der Waals surface area contributed by atoms with Crippen LogP contribution in [0.3, 0.4) is 0 Å². The van der Waals surface area contributed by atoms with Crippen LogP contribution in [-0.4, -0.2) is 22.7 Å². The molecule has 1 aliphatic heterocycles. The van der Waals surface area contributed by atoms with E-state index in [4.69, 9.17) is 14.7 Å². The number of nitrogens with zero attached hydrogens (tertiary/aromatic N) is 3. The number of halogens is 1. The van der Waals surface area contributed by atoms with Crippen molar-refractivity contribution in [1.29, 1.82) is 0 Å². The number of rotatable bonds is 6. The highest BCUT2D eigenvalue weighted by Gasteiger charge is 2.38. The number of anilines is 1. The first-order valence-corrected chi connectivity index (χ1v) is 11.6. The maximum atomic E-state index is 6.25. The number of hydrogen-bond acceptors (Lipinski definition) is 4. The van der Waals surface area contributed by atoms with Crippen molar-refractivity contribution in [1.82, 2.24) is 9.78 Å². The van der Waals surface area contributed by atoms with Crippen LogP contribution in [0.25, 0.3) is 16.9 Å². The van der Waals surface area contributed by atoms with Gasteiger partial charge in [-0.25, -0.2) is 14.6 Å². The summed E-state index contributed by atoms with van der Waals surface area (Å²) in [6, 6.07) is 28.6. The van der Waals surface area contributed by atoms with E-state index in [0.29, 0.717) is 13.0 Å². The molecular formula is C26H24BrN3O2. The Balaban J connectivity index is 1.62. The van der Waals surface area contributed by atoms with Crippen LogP contribution in [0, 0.1) is 0 Å². The Morgan fingerprint density at radius 1 is 0.938 bits per heavy atom. The minimum absolute atomic E-state index is 0.0370. The lowest BCUT2D eigenvalue weighted by Gasteiger charge is -2.24. The Bertz CT molecular complexity index is 1160. The molecule has 162 valence electrons. The largest absolute Gasteiger partial charge is 0.350 e. The van der Waals surface area contributed by atoms with Gasteiger partial charge in [-0.05, 0) is 43.3 Å². The molecular weight excluding hydrogens is 466 g/mol. The summed E-state index contributed by atoms with van der Waals surface area (Å²) in [5, 5.41) is 6.97. The van der Waals surface area contributed by atoms with Crippen molar-refractivity contribution in [2.24, 2.45) is 0 Å². The van der Waals surface area contributed by atoms with Gasteiger partial charge in [0.2, 0.25) is 0 Å². The van der Waals surface area contributed by atoms with Gasteiger partial charge >= 0.3 is 0 Å². The highest BCUT2D eigenvalue weighted by Crippen LogP contribution is 2.42.